The maximum absolute atomic E-state index is 3.42. The Morgan fingerprint density at radius 2 is 2.00 bits per heavy atom. The Morgan fingerprint density at radius 1 is 1.21 bits per heavy atom. The second-order valence-electron chi connectivity index (χ2n) is 3.64. The van der Waals surface area contributed by atoms with E-state index in [-0.39, 0.29) is 0 Å². The molecule has 0 heterocycles. The molecule has 1 aromatic rings. The summed E-state index contributed by atoms with van der Waals surface area (Å²) in [6, 6.07) is 6.65. The van der Waals surface area contributed by atoms with E-state index in [1.165, 1.54) is 23.1 Å². The van der Waals surface area contributed by atoms with Crippen molar-refractivity contribution in [3.63, 3.8) is 0 Å². The molecule has 0 atom stereocenters. The maximum atomic E-state index is 3.42. The highest BCUT2D eigenvalue weighted by Gasteiger charge is 1.95. The normalized spacial score (nSPS) is 10.5. The highest BCUT2D eigenvalue weighted by atomic mass is 79.9. The Bertz CT molecular complexity index is 284. The van der Waals surface area contributed by atoms with Crippen LogP contribution >= 0.6 is 15.9 Å². The van der Waals surface area contributed by atoms with Gasteiger partial charge in [-0.3, -0.25) is 0 Å². The van der Waals surface area contributed by atoms with E-state index in [1.807, 2.05) is 0 Å². The third-order valence-corrected chi connectivity index (χ3v) is 2.95. The van der Waals surface area contributed by atoms with Gasteiger partial charge in [0.25, 0.3) is 0 Å². The molecular formula is C12H18BrN. The number of alkyl halides is 1. The van der Waals surface area contributed by atoms with Gasteiger partial charge in [0.15, 0.2) is 0 Å². The molecule has 0 aliphatic rings. The molecule has 0 unspecified atom stereocenters. The van der Waals surface area contributed by atoms with E-state index in [2.05, 4.69) is 53.3 Å². The van der Waals surface area contributed by atoms with E-state index >= 15 is 0 Å². The lowest BCUT2D eigenvalue weighted by atomic mass is 10.1. The Balaban J connectivity index is 2.39. The second-order valence-corrected chi connectivity index (χ2v) is 4.43. The van der Waals surface area contributed by atoms with Crippen molar-refractivity contribution in [3.8, 4) is 0 Å². The van der Waals surface area contributed by atoms with Gasteiger partial charge in [-0.15, -0.1) is 0 Å². The standard InChI is InChI=1S/C12H18BrN/c1-10-4-5-12(8-11(10)2)9-14-7-3-6-13/h4-5,8,14H,3,6-7,9H2,1-2H3. The number of aryl methyl sites for hydroxylation is 2. The van der Waals surface area contributed by atoms with E-state index < -0.39 is 0 Å². The minimum Gasteiger partial charge on any atom is -0.313 e. The first-order valence-electron chi connectivity index (χ1n) is 5.07. The molecule has 1 aromatic carbocycles. The molecule has 0 spiro atoms. The zero-order valence-corrected chi connectivity index (χ0v) is 10.5. The molecule has 1 N–H and O–H groups in total. The molecule has 0 saturated heterocycles. The third kappa shape index (κ3) is 3.81. The van der Waals surface area contributed by atoms with Crippen molar-refractivity contribution in [2.75, 3.05) is 11.9 Å². The van der Waals surface area contributed by atoms with Crippen LogP contribution in [0.2, 0.25) is 0 Å². The summed E-state index contributed by atoms with van der Waals surface area (Å²) in [5, 5.41) is 4.50. The van der Waals surface area contributed by atoms with Crippen molar-refractivity contribution in [1.29, 1.82) is 0 Å². The van der Waals surface area contributed by atoms with Crippen LogP contribution in [-0.4, -0.2) is 11.9 Å². The summed E-state index contributed by atoms with van der Waals surface area (Å²) in [4.78, 5) is 0. The van der Waals surface area contributed by atoms with Crippen molar-refractivity contribution < 1.29 is 0 Å². The SMILES string of the molecule is Cc1ccc(CNCCCBr)cc1C. The van der Waals surface area contributed by atoms with Crippen LogP contribution in [0.3, 0.4) is 0 Å². The Hall–Kier alpha value is -0.340. The van der Waals surface area contributed by atoms with Crippen LogP contribution in [0.15, 0.2) is 18.2 Å². The quantitative estimate of drug-likeness (QED) is 0.630. The zero-order valence-electron chi connectivity index (χ0n) is 8.94. The predicted molar refractivity (Wildman–Crippen MR) is 66.0 cm³/mol. The van der Waals surface area contributed by atoms with Gasteiger partial charge in [0.2, 0.25) is 0 Å². The van der Waals surface area contributed by atoms with E-state index in [0.29, 0.717) is 0 Å². The maximum Gasteiger partial charge on any atom is 0.0205 e. The predicted octanol–water partition coefficient (Wildman–Crippen LogP) is 3.18. The third-order valence-electron chi connectivity index (χ3n) is 2.39. The van der Waals surface area contributed by atoms with Crippen molar-refractivity contribution in [1.82, 2.24) is 5.32 Å². The van der Waals surface area contributed by atoms with Crippen LogP contribution in [0.1, 0.15) is 23.1 Å². The average Bonchev–Trinajstić information content (AvgIpc) is 2.18. The number of hydrogen-bond donors (Lipinski definition) is 1. The number of rotatable bonds is 5. The highest BCUT2D eigenvalue weighted by Crippen LogP contribution is 2.09. The summed E-state index contributed by atoms with van der Waals surface area (Å²) in [5.74, 6) is 0. The Labute approximate surface area is 95.0 Å². The summed E-state index contributed by atoms with van der Waals surface area (Å²) in [6.07, 6.45) is 1.19. The van der Waals surface area contributed by atoms with E-state index in [9.17, 15) is 0 Å². The Kier molecular flexibility index (Phi) is 5.20. The van der Waals surface area contributed by atoms with Crippen LogP contribution in [0, 0.1) is 13.8 Å². The van der Waals surface area contributed by atoms with Gasteiger partial charge in [-0.1, -0.05) is 34.1 Å². The lowest BCUT2D eigenvalue weighted by molar-refractivity contribution is 0.680. The van der Waals surface area contributed by atoms with Crippen molar-refractivity contribution in [2.24, 2.45) is 0 Å². The van der Waals surface area contributed by atoms with Gasteiger partial charge < -0.3 is 5.32 Å². The summed E-state index contributed by atoms with van der Waals surface area (Å²) in [5.41, 5.74) is 4.13. The molecule has 0 aliphatic carbocycles. The summed E-state index contributed by atoms with van der Waals surface area (Å²) in [6.45, 7) is 6.38. The minimum atomic E-state index is 0.980. The molecule has 0 aromatic heterocycles. The van der Waals surface area contributed by atoms with Crippen molar-refractivity contribution in [3.05, 3.63) is 34.9 Å². The fourth-order valence-corrected chi connectivity index (χ4v) is 1.62. The second kappa shape index (κ2) is 6.20. The minimum absolute atomic E-state index is 0.980. The van der Waals surface area contributed by atoms with Crippen LogP contribution in [0.5, 0.6) is 0 Å². The topological polar surface area (TPSA) is 12.0 Å². The fourth-order valence-electron chi connectivity index (χ4n) is 1.34. The molecule has 0 saturated carbocycles. The first kappa shape index (κ1) is 11.7. The van der Waals surface area contributed by atoms with Gasteiger partial charge in [-0.2, -0.15) is 0 Å². The summed E-state index contributed by atoms with van der Waals surface area (Å²) < 4.78 is 0. The largest absolute Gasteiger partial charge is 0.313 e. The summed E-state index contributed by atoms with van der Waals surface area (Å²) >= 11 is 3.42. The molecule has 0 amide bonds. The number of halogens is 1. The molecule has 0 aliphatic heterocycles. The number of benzene rings is 1. The van der Waals surface area contributed by atoms with Crippen LogP contribution in [0.25, 0.3) is 0 Å². The molecule has 2 heteroatoms. The Morgan fingerprint density at radius 3 is 2.64 bits per heavy atom. The molecule has 0 radical (unpaired) electrons. The molecular weight excluding hydrogens is 238 g/mol. The summed E-state index contributed by atoms with van der Waals surface area (Å²) in [7, 11) is 0. The van der Waals surface area contributed by atoms with Crippen molar-refractivity contribution >= 4 is 15.9 Å². The van der Waals surface area contributed by atoms with Gasteiger partial charge >= 0.3 is 0 Å². The van der Waals surface area contributed by atoms with Gasteiger partial charge in [-0.05, 0) is 43.5 Å². The highest BCUT2D eigenvalue weighted by molar-refractivity contribution is 9.09. The molecule has 78 valence electrons. The van der Waals surface area contributed by atoms with Crippen LogP contribution in [0.4, 0.5) is 0 Å². The van der Waals surface area contributed by atoms with Gasteiger partial charge in [0, 0.05) is 11.9 Å². The molecule has 0 bridgehead atoms. The molecule has 14 heavy (non-hydrogen) atoms. The number of nitrogens with one attached hydrogen (secondary N) is 1. The molecule has 1 nitrogen and oxygen atoms in total. The van der Waals surface area contributed by atoms with Gasteiger partial charge in [0.05, 0.1) is 0 Å². The van der Waals surface area contributed by atoms with Gasteiger partial charge in [0.1, 0.15) is 0 Å². The van der Waals surface area contributed by atoms with E-state index in [4.69, 9.17) is 0 Å². The van der Waals surface area contributed by atoms with Gasteiger partial charge in [-0.25, -0.2) is 0 Å². The average molecular weight is 256 g/mol. The first-order chi connectivity index (χ1) is 6.74. The zero-order chi connectivity index (χ0) is 10.4. The molecule has 1 rings (SSSR count). The van der Waals surface area contributed by atoms with E-state index in [1.54, 1.807) is 0 Å². The van der Waals surface area contributed by atoms with Crippen molar-refractivity contribution in [2.45, 2.75) is 26.8 Å². The molecule has 0 fully saturated rings. The lowest BCUT2D eigenvalue weighted by Crippen LogP contribution is -2.15. The number of hydrogen-bond acceptors (Lipinski definition) is 1. The smallest absolute Gasteiger partial charge is 0.0205 e. The van der Waals surface area contributed by atoms with Crippen LogP contribution in [-0.2, 0) is 6.54 Å². The first-order valence-corrected chi connectivity index (χ1v) is 6.19. The van der Waals surface area contributed by atoms with Crippen LogP contribution < -0.4 is 5.32 Å². The lowest BCUT2D eigenvalue weighted by Gasteiger charge is -2.06. The fraction of sp³-hybridized carbons (Fsp3) is 0.500. The monoisotopic (exact) mass is 255 g/mol. The van der Waals surface area contributed by atoms with E-state index in [0.717, 1.165) is 18.4 Å².